The smallest absolute Gasteiger partial charge is 0.322 e. The molecule has 1 heterocycles. The van der Waals surface area contributed by atoms with Crippen LogP contribution in [0.3, 0.4) is 0 Å². The molecule has 102 valence electrons. The lowest BCUT2D eigenvalue weighted by Gasteiger charge is -2.13. The molecule has 0 aliphatic carbocycles. The molecule has 0 fully saturated rings. The number of nitrogens with zero attached hydrogens (tertiary/aromatic N) is 3. The van der Waals surface area contributed by atoms with Crippen molar-refractivity contribution in [3.8, 4) is 0 Å². The summed E-state index contributed by atoms with van der Waals surface area (Å²) >= 11 is 0. The largest absolute Gasteiger partial charge is 0.406 e. The van der Waals surface area contributed by atoms with Crippen molar-refractivity contribution in [3.63, 3.8) is 0 Å². The second-order valence-corrected chi connectivity index (χ2v) is 4.24. The van der Waals surface area contributed by atoms with Gasteiger partial charge in [-0.1, -0.05) is 12.0 Å². The van der Waals surface area contributed by atoms with Crippen molar-refractivity contribution in [2.45, 2.75) is 19.9 Å². The lowest BCUT2D eigenvalue weighted by molar-refractivity contribution is 0.425. The summed E-state index contributed by atoms with van der Waals surface area (Å²) in [6.07, 6.45) is 0. The Labute approximate surface area is 111 Å². The number of hydrogen-bond donors (Lipinski definition) is 1. The Hall–Kier alpha value is -1.95. The first-order valence-electron chi connectivity index (χ1n) is 6.18. The van der Waals surface area contributed by atoms with E-state index in [1.165, 1.54) is 12.1 Å². The maximum absolute atomic E-state index is 12.9. The molecule has 1 aromatic heterocycles. The number of rotatable bonds is 5. The Kier molecular flexibility index (Phi) is 4.11. The highest BCUT2D eigenvalue weighted by molar-refractivity contribution is 5.54. The van der Waals surface area contributed by atoms with Gasteiger partial charge < -0.3 is 9.73 Å². The minimum absolute atomic E-state index is 0.00729. The topological polar surface area (TPSA) is 54.2 Å². The second-order valence-electron chi connectivity index (χ2n) is 4.24. The number of nitrogens with one attached hydrogen (secondary N) is 1. The van der Waals surface area contributed by atoms with E-state index in [1.54, 1.807) is 24.1 Å². The molecule has 19 heavy (non-hydrogen) atoms. The quantitative estimate of drug-likeness (QED) is 0.899. The zero-order chi connectivity index (χ0) is 13.8. The van der Waals surface area contributed by atoms with Gasteiger partial charge in [-0.15, -0.1) is 5.10 Å². The Bertz CT molecular complexity index is 526. The van der Waals surface area contributed by atoms with Crippen LogP contribution in [0.1, 0.15) is 25.8 Å². The van der Waals surface area contributed by atoms with Crippen molar-refractivity contribution in [2.24, 2.45) is 0 Å². The normalized spacial score (nSPS) is 12.4. The average molecular weight is 264 g/mol. The summed E-state index contributed by atoms with van der Waals surface area (Å²) in [7, 11) is 1.79. The molecule has 6 heteroatoms. The van der Waals surface area contributed by atoms with Crippen LogP contribution in [0.15, 0.2) is 28.7 Å². The monoisotopic (exact) mass is 264 g/mol. The van der Waals surface area contributed by atoms with E-state index in [4.69, 9.17) is 4.42 Å². The highest BCUT2D eigenvalue weighted by Crippen LogP contribution is 2.23. The minimum atomic E-state index is -0.274. The molecule has 0 aliphatic rings. The van der Waals surface area contributed by atoms with Crippen LogP contribution in [-0.4, -0.2) is 23.8 Å². The fourth-order valence-corrected chi connectivity index (χ4v) is 1.71. The lowest BCUT2D eigenvalue weighted by Crippen LogP contribution is -2.17. The summed E-state index contributed by atoms with van der Waals surface area (Å²) in [6, 6.07) is 6.49. The third-order valence-electron chi connectivity index (χ3n) is 2.81. The fourth-order valence-electron chi connectivity index (χ4n) is 1.71. The molecule has 5 nitrogen and oxygen atoms in total. The van der Waals surface area contributed by atoms with Gasteiger partial charge in [-0.2, -0.15) is 0 Å². The second kappa shape index (κ2) is 5.79. The third-order valence-corrected chi connectivity index (χ3v) is 2.81. The van der Waals surface area contributed by atoms with Crippen LogP contribution in [0.5, 0.6) is 0 Å². The van der Waals surface area contributed by atoms with Crippen LogP contribution < -0.4 is 10.2 Å². The molecule has 0 amide bonds. The highest BCUT2D eigenvalue weighted by atomic mass is 19.1. The van der Waals surface area contributed by atoms with Crippen molar-refractivity contribution < 1.29 is 8.81 Å². The molecule has 0 spiro atoms. The molecular formula is C13H17FN4O. The van der Waals surface area contributed by atoms with E-state index >= 15 is 0 Å². The molecule has 0 saturated carbocycles. The number of hydrogen-bond acceptors (Lipinski definition) is 5. The van der Waals surface area contributed by atoms with Crippen LogP contribution in [-0.2, 0) is 0 Å². The maximum Gasteiger partial charge on any atom is 0.322 e. The van der Waals surface area contributed by atoms with E-state index in [1.807, 2.05) is 13.8 Å². The van der Waals surface area contributed by atoms with Crippen molar-refractivity contribution in [1.29, 1.82) is 0 Å². The zero-order valence-corrected chi connectivity index (χ0v) is 11.2. The molecule has 0 saturated heterocycles. The SMILES string of the molecule is CCNC(C)c1nnc(N(C)c2ccc(F)cc2)o1. The van der Waals surface area contributed by atoms with E-state index in [2.05, 4.69) is 15.5 Å². The van der Waals surface area contributed by atoms with Crippen LogP contribution in [0.2, 0.25) is 0 Å². The van der Waals surface area contributed by atoms with E-state index < -0.39 is 0 Å². The zero-order valence-electron chi connectivity index (χ0n) is 11.2. The maximum atomic E-state index is 12.9. The Morgan fingerprint density at radius 3 is 2.63 bits per heavy atom. The van der Waals surface area contributed by atoms with Crippen molar-refractivity contribution in [2.75, 3.05) is 18.5 Å². The fraction of sp³-hybridized carbons (Fsp3) is 0.385. The van der Waals surface area contributed by atoms with Gasteiger partial charge in [0.1, 0.15) is 5.82 Å². The summed E-state index contributed by atoms with van der Waals surface area (Å²) in [4.78, 5) is 1.72. The molecule has 0 bridgehead atoms. The molecule has 2 aromatic rings. The standard InChI is InChI=1S/C13H17FN4O/c1-4-15-9(2)12-16-17-13(19-12)18(3)11-7-5-10(14)6-8-11/h5-9,15H,4H2,1-3H3. The third kappa shape index (κ3) is 3.08. The van der Waals surface area contributed by atoms with Crippen molar-refractivity contribution in [1.82, 2.24) is 15.5 Å². The van der Waals surface area contributed by atoms with Crippen LogP contribution in [0.4, 0.5) is 16.1 Å². The summed E-state index contributed by atoms with van der Waals surface area (Å²) in [5, 5.41) is 11.2. The van der Waals surface area contributed by atoms with Gasteiger partial charge in [-0.05, 0) is 37.7 Å². The first-order valence-corrected chi connectivity index (χ1v) is 6.18. The molecule has 0 aliphatic heterocycles. The Balaban J connectivity index is 2.15. The first-order chi connectivity index (χ1) is 9.11. The van der Waals surface area contributed by atoms with Crippen LogP contribution in [0.25, 0.3) is 0 Å². The van der Waals surface area contributed by atoms with E-state index in [9.17, 15) is 4.39 Å². The molecular weight excluding hydrogens is 247 g/mol. The number of halogens is 1. The van der Waals surface area contributed by atoms with Gasteiger partial charge in [0.05, 0.1) is 6.04 Å². The van der Waals surface area contributed by atoms with Crippen molar-refractivity contribution >= 4 is 11.7 Å². The van der Waals surface area contributed by atoms with Crippen molar-refractivity contribution in [3.05, 3.63) is 36.0 Å². The molecule has 1 N–H and O–H groups in total. The molecule has 1 unspecified atom stereocenters. The summed E-state index contributed by atoms with van der Waals surface area (Å²) in [5.41, 5.74) is 0.785. The number of benzene rings is 1. The van der Waals surface area contributed by atoms with Crippen LogP contribution >= 0.6 is 0 Å². The highest BCUT2D eigenvalue weighted by Gasteiger charge is 2.16. The average Bonchev–Trinajstić information content (AvgIpc) is 2.89. The van der Waals surface area contributed by atoms with Gasteiger partial charge in [0.15, 0.2) is 0 Å². The predicted octanol–water partition coefficient (Wildman–Crippen LogP) is 2.65. The summed E-state index contributed by atoms with van der Waals surface area (Å²) in [6.45, 7) is 4.80. The number of aromatic nitrogens is 2. The van der Waals surface area contributed by atoms with Gasteiger partial charge >= 0.3 is 6.01 Å². The summed E-state index contributed by atoms with van der Waals surface area (Å²) in [5.74, 6) is 0.259. The van der Waals surface area contributed by atoms with Gasteiger partial charge in [0.2, 0.25) is 5.89 Å². The lowest BCUT2D eigenvalue weighted by atomic mass is 10.3. The van der Waals surface area contributed by atoms with Gasteiger partial charge in [0, 0.05) is 12.7 Å². The molecule has 2 rings (SSSR count). The van der Waals surface area contributed by atoms with Gasteiger partial charge in [0.25, 0.3) is 0 Å². The summed E-state index contributed by atoms with van der Waals surface area (Å²) < 4.78 is 18.5. The Morgan fingerprint density at radius 1 is 1.32 bits per heavy atom. The van der Waals surface area contributed by atoms with Gasteiger partial charge in [-0.3, -0.25) is 4.90 Å². The van der Waals surface area contributed by atoms with E-state index in [0.717, 1.165) is 12.2 Å². The predicted molar refractivity (Wildman–Crippen MR) is 70.9 cm³/mol. The van der Waals surface area contributed by atoms with E-state index in [-0.39, 0.29) is 11.9 Å². The minimum Gasteiger partial charge on any atom is -0.406 e. The molecule has 1 aromatic carbocycles. The number of anilines is 2. The molecule has 0 radical (unpaired) electrons. The first kappa shape index (κ1) is 13.5. The molecule has 1 atom stereocenters. The van der Waals surface area contributed by atoms with Crippen LogP contribution in [0, 0.1) is 5.82 Å². The van der Waals surface area contributed by atoms with E-state index in [0.29, 0.717) is 11.9 Å². The van der Waals surface area contributed by atoms with Gasteiger partial charge in [-0.25, -0.2) is 4.39 Å². The Morgan fingerprint density at radius 2 is 2.00 bits per heavy atom.